The monoisotopic (exact) mass is 219 g/mol. The lowest BCUT2D eigenvalue weighted by molar-refractivity contribution is 0.101. The van der Waals surface area contributed by atoms with Crippen LogP contribution in [-0.4, -0.2) is 36.3 Å². The van der Waals surface area contributed by atoms with E-state index in [-0.39, 0.29) is 11.8 Å². The molecule has 0 aliphatic heterocycles. The predicted molar refractivity (Wildman–Crippen MR) is 53.5 cm³/mol. The van der Waals surface area contributed by atoms with Crippen molar-refractivity contribution in [1.29, 1.82) is 0 Å². The summed E-state index contributed by atoms with van der Waals surface area (Å²) in [6.45, 7) is 1.91. The first-order valence-corrected chi connectivity index (χ1v) is 4.66. The molecule has 0 saturated carbocycles. The Labute approximate surface area is 90.5 Å². The minimum absolute atomic E-state index is 0.0595. The van der Waals surface area contributed by atoms with Gasteiger partial charge in [-0.1, -0.05) is 6.92 Å². The van der Waals surface area contributed by atoms with Crippen molar-refractivity contribution in [2.45, 2.75) is 13.3 Å². The fraction of sp³-hybridized carbons (Fsp3) is 0.250. The number of H-pyrrole nitrogens is 1. The van der Waals surface area contributed by atoms with Gasteiger partial charge in [0.05, 0.1) is 12.4 Å². The summed E-state index contributed by atoms with van der Waals surface area (Å²) in [6.07, 6.45) is 3.53. The number of anilines is 1. The minimum atomic E-state index is -0.469. The minimum Gasteiger partial charge on any atom is -0.286 e. The van der Waals surface area contributed by atoms with Crippen LogP contribution < -0.4 is 5.32 Å². The average Bonchev–Trinajstić information content (AvgIpc) is 2.79. The first-order chi connectivity index (χ1) is 7.79. The van der Waals surface area contributed by atoms with E-state index in [1.165, 1.54) is 12.4 Å². The van der Waals surface area contributed by atoms with E-state index in [0.29, 0.717) is 12.2 Å². The molecule has 16 heavy (non-hydrogen) atoms. The van der Waals surface area contributed by atoms with Gasteiger partial charge in [-0.05, 0) is 0 Å². The van der Waals surface area contributed by atoms with Gasteiger partial charge >= 0.3 is 0 Å². The molecule has 2 heterocycles. The number of nitrogens with zero attached hydrogens (tertiary/aromatic N) is 5. The first kappa shape index (κ1) is 10.1. The maximum atomic E-state index is 11.6. The smallest absolute Gasteiger partial charge is 0.286 e. The highest BCUT2D eigenvalue weighted by Gasteiger charge is 2.12. The number of amides is 1. The van der Waals surface area contributed by atoms with Gasteiger partial charge in [-0.3, -0.25) is 15.2 Å². The largest absolute Gasteiger partial charge is 0.297 e. The van der Waals surface area contributed by atoms with E-state index in [0.717, 1.165) is 0 Å². The van der Waals surface area contributed by atoms with Gasteiger partial charge in [-0.25, -0.2) is 9.97 Å². The molecular formula is C8H9N7O. The summed E-state index contributed by atoms with van der Waals surface area (Å²) >= 11 is 0. The molecule has 0 unspecified atom stereocenters. The Bertz CT molecular complexity index is 480. The van der Waals surface area contributed by atoms with Gasteiger partial charge in [0.2, 0.25) is 11.8 Å². The van der Waals surface area contributed by atoms with E-state index in [2.05, 4.69) is 35.7 Å². The van der Waals surface area contributed by atoms with Crippen LogP contribution in [0, 0.1) is 0 Å². The molecule has 2 N–H and O–H groups in total. The highest BCUT2D eigenvalue weighted by Crippen LogP contribution is 1.98. The Kier molecular flexibility index (Phi) is 2.81. The van der Waals surface area contributed by atoms with E-state index in [4.69, 9.17) is 0 Å². The Morgan fingerprint density at radius 2 is 2.38 bits per heavy atom. The number of carbonyl (C=O) groups excluding carboxylic acids is 1. The molecule has 8 heteroatoms. The number of aromatic amines is 1. The molecule has 0 radical (unpaired) electrons. The topological polar surface area (TPSA) is 109 Å². The second kappa shape index (κ2) is 4.43. The van der Waals surface area contributed by atoms with Gasteiger partial charge in [0.1, 0.15) is 5.82 Å². The molecule has 2 aromatic heterocycles. The molecule has 0 fully saturated rings. The first-order valence-electron chi connectivity index (χ1n) is 4.66. The molecule has 2 aromatic rings. The quantitative estimate of drug-likeness (QED) is 0.740. The molecule has 0 spiro atoms. The van der Waals surface area contributed by atoms with E-state index < -0.39 is 5.91 Å². The Morgan fingerprint density at radius 1 is 1.50 bits per heavy atom. The molecule has 0 aliphatic carbocycles. The van der Waals surface area contributed by atoms with Gasteiger partial charge in [0.25, 0.3) is 5.91 Å². The Morgan fingerprint density at radius 3 is 3.00 bits per heavy atom. The van der Waals surface area contributed by atoms with Crippen LogP contribution in [0.25, 0.3) is 0 Å². The summed E-state index contributed by atoms with van der Waals surface area (Å²) in [5.74, 6) is 0.362. The van der Waals surface area contributed by atoms with Crippen LogP contribution >= 0.6 is 0 Å². The predicted octanol–water partition coefficient (Wildman–Crippen LogP) is -0.196. The molecule has 0 aliphatic rings. The van der Waals surface area contributed by atoms with Crippen LogP contribution in [0.15, 0.2) is 12.4 Å². The van der Waals surface area contributed by atoms with Crippen molar-refractivity contribution in [3.8, 4) is 0 Å². The van der Waals surface area contributed by atoms with Crippen molar-refractivity contribution in [2.75, 3.05) is 5.32 Å². The lowest BCUT2D eigenvalue weighted by Crippen LogP contribution is -2.16. The number of nitrogens with one attached hydrogen (secondary N) is 2. The molecule has 0 saturated heterocycles. The zero-order valence-corrected chi connectivity index (χ0v) is 8.51. The van der Waals surface area contributed by atoms with Crippen LogP contribution in [-0.2, 0) is 6.42 Å². The molecule has 2 rings (SSSR count). The molecule has 0 bridgehead atoms. The third-order valence-corrected chi connectivity index (χ3v) is 1.78. The summed E-state index contributed by atoms with van der Waals surface area (Å²) < 4.78 is 0. The molecule has 8 nitrogen and oxygen atoms in total. The number of aryl methyl sites for hydroxylation is 1. The number of aromatic nitrogens is 6. The lowest BCUT2D eigenvalue weighted by Gasteiger charge is -1.97. The Hall–Kier alpha value is -2.38. The number of hydrogen-bond acceptors (Lipinski definition) is 6. The molecular weight excluding hydrogens is 210 g/mol. The third kappa shape index (κ3) is 2.16. The summed E-state index contributed by atoms with van der Waals surface area (Å²) in [7, 11) is 0. The number of rotatable bonds is 3. The van der Waals surface area contributed by atoms with Crippen LogP contribution in [0.2, 0.25) is 0 Å². The van der Waals surface area contributed by atoms with Crippen LogP contribution in [0.4, 0.5) is 5.95 Å². The van der Waals surface area contributed by atoms with Crippen LogP contribution in [0.3, 0.4) is 0 Å². The highest BCUT2D eigenvalue weighted by atomic mass is 16.2. The normalized spacial score (nSPS) is 10.1. The van der Waals surface area contributed by atoms with E-state index >= 15 is 0 Å². The number of carbonyl (C=O) groups is 1. The number of hydrogen-bond donors (Lipinski definition) is 2. The van der Waals surface area contributed by atoms with Gasteiger partial charge in [-0.2, -0.15) is 5.10 Å². The maximum Gasteiger partial charge on any atom is 0.297 e. The van der Waals surface area contributed by atoms with Gasteiger partial charge in [-0.15, -0.1) is 10.2 Å². The van der Waals surface area contributed by atoms with E-state index in [1.54, 1.807) is 0 Å². The molecule has 1 amide bonds. The summed E-state index contributed by atoms with van der Waals surface area (Å²) in [6, 6.07) is 0. The van der Waals surface area contributed by atoms with Gasteiger partial charge < -0.3 is 0 Å². The van der Waals surface area contributed by atoms with E-state index in [1.807, 2.05) is 6.92 Å². The zero-order chi connectivity index (χ0) is 11.4. The Balaban J connectivity index is 2.09. The van der Waals surface area contributed by atoms with Crippen LogP contribution in [0.1, 0.15) is 23.4 Å². The van der Waals surface area contributed by atoms with Crippen molar-refractivity contribution >= 4 is 11.9 Å². The zero-order valence-electron chi connectivity index (χ0n) is 8.51. The summed E-state index contributed by atoms with van der Waals surface area (Å²) in [5, 5.41) is 16.0. The third-order valence-electron chi connectivity index (χ3n) is 1.78. The SMILES string of the molecule is CCc1nc(C(=O)Nc2nccnn2)n[nH]1. The van der Waals surface area contributed by atoms with Crippen molar-refractivity contribution in [3.63, 3.8) is 0 Å². The average molecular weight is 219 g/mol. The maximum absolute atomic E-state index is 11.6. The van der Waals surface area contributed by atoms with Gasteiger partial charge in [0, 0.05) is 6.42 Å². The lowest BCUT2D eigenvalue weighted by atomic mass is 10.5. The van der Waals surface area contributed by atoms with Gasteiger partial charge in [0.15, 0.2) is 0 Å². The second-order valence-corrected chi connectivity index (χ2v) is 2.88. The van der Waals surface area contributed by atoms with Crippen LogP contribution in [0.5, 0.6) is 0 Å². The standard InChI is InChI=1S/C8H9N7O/c1-2-5-11-6(14-13-5)7(16)12-8-9-3-4-10-15-8/h3-4H,2H2,1H3,(H,11,13,14)(H,9,12,15,16). The fourth-order valence-electron chi connectivity index (χ4n) is 1.02. The van der Waals surface area contributed by atoms with E-state index in [9.17, 15) is 4.79 Å². The summed E-state index contributed by atoms with van der Waals surface area (Å²) in [4.78, 5) is 19.3. The second-order valence-electron chi connectivity index (χ2n) is 2.88. The molecule has 0 atom stereocenters. The highest BCUT2D eigenvalue weighted by molar-refractivity contribution is 6.00. The summed E-state index contributed by atoms with van der Waals surface area (Å²) in [5.41, 5.74) is 0. The van der Waals surface area contributed by atoms with Crippen molar-refractivity contribution < 1.29 is 4.79 Å². The molecule has 82 valence electrons. The fourth-order valence-corrected chi connectivity index (χ4v) is 1.02. The molecule has 0 aromatic carbocycles. The van der Waals surface area contributed by atoms with Crippen molar-refractivity contribution in [1.82, 2.24) is 30.4 Å². The van der Waals surface area contributed by atoms with Crippen molar-refractivity contribution in [3.05, 3.63) is 24.0 Å². The van der Waals surface area contributed by atoms with Crippen molar-refractivity contribution in [2.24, 2.45) is 0 Å².